The average molecular weight is 557 g/mol. The van der Waals surface area contributed by atoms with Crippen LogP contribution in [-0.4, -0.2) is 39.7 Å². The van der Waals surface area contributed by atoms with Crippen LogP contribution < -0.4 is 16.2 Å². The molecule has 0 radical (unpaired) electrons. The van der Waals surface area contributed by atoms with Gasteiger partial charge in [0.1, 0.15) is 0 Å². The van der Waals surface area contributed by atoms with E-state index in [0.29, 0.717) is 23.1 Å². The summed E-state index contributed by atoms with van der Waals surface area (Å²) in [5.41, 5.74) is 3.77. The number of hydrogen-bond acceptors (Lipinski definition) is 4. The Morgan fingerprint density at radius 1 is 1.15 bits per heavy atom. The second kappa shape index (κ2) is 11.1. The van der Waals surface area contributed by atoms with Crippen LogP contribution in [0, 0.1) is 19.8 Å². The molecule has 2 saturated carbocycles. The zero-order valence-corrected chi connectivity index (χ0v) is 23.9. The van der Waals surface area contributed by atoms with Crippen LogP contribution in [-0.2, 0) is 6.54 Å². The highest BCUT2D eigenvalue weighted by molar-refractivity contribution is 7.98. The molecule has 1 amide bonds. The molecule has 1 atom stereocenters. The number of carbonyl (C=O) groups excluding carboxylic acids is 1. The Bertz CT molecular complexity index is 1420. The molecule has 2 aromatic heterocycles. The van der Waals surface area contributed by atoms with E-state index >= 15 is 0 Å². The van der Waals surface area contributed by atoms with Gasteiger partial charge in [0.15, 0.2) is 0 Å². The molecule has 3 N–H and O–H groups in total. The van der Waals surface area contributed by atoms with Crippen LogP contribution in [0.2, 0.25) is 0 Å². The molecule has 0 spiro atoms. The highest BCUT2D eigenvalue weighted by Crippen LogP contribution is 2.41. The van der Waals surface area contributed by atoms with Gasteiger partial charge in [-0.2, -0.15) is 0 Å². The zero-order chi connectivity index (χ0) is 27.9. The third-order valence-electron chi connectivity index (χ3n) is 8.68. The molecule has 2 fully saturated rings. The van der Waals surface area contributed by atoms with Crippen molar-refractivity contribution in [3.63, 3.8) is 0 Å². The van der Waals surface area contributed by atoms with Crippen LogP contribution in [0.3, 0.4) is 0 Å². The lowest BCUT2D eigenvalue weighted by Crippen LogP contribution is -2.52. The highest BCUT2D eigenvalue weighted by Gasteiger charge is 2.46. The van der Waals surface area contributed by atoms with E-state index in [-0.39, 0.29) is 42.9 Å². The van der Waals surface area contributed by atoms with E-state index in [9.17, 15) is 18.4 Å². The summed E-state index contributed by atoms with van der Waals surface area (Å²) in [5.74, 6) is -2.24. The lowest BCUT2D eigenvalue weighted by Gasteiger charge is -2.41. The van der Waals surface area contributed by atoms with Gasteiger partial charge in [-0.25, -0.2) is 8.78 Å². The van der Waals surface area contributed by atoms with Crippen molar-refractivity contribution in [1.82, 2.24) is 20.2 Å². The molecule has 2 aliphatic rings. The maximum atomic E-state index is 13.6. The summed E-state index contributed by atoms with van der Waals surface area (Å²) in [7, 11) is 0. The SMILES string of the molecule is CSc1cc(C)[nH]c(=O)c1CNC(=O)c1c(C)n([C@H](C)[C@H]2CC[C@H](NC3CC(F)(F)C3)CC2)c2ccccc12. The van der Waals surface area contributed by atoms with E-state index in [1.54, 1.807) is 0 Å². The van der Waals surface area contributed by atoms with E-state index in [0.717, 1.165) is 52.9 Å². The molecule has 9 heteroatoms. The van der Waals surface area contributed by atoms with E-state index < -0.39 is 5.92 Å². The first-order valence-electron chi connectivity index (χ1n) is 13.9. The summed E-state index contributed by atoms with van der Waals surface area (Å²) in [6, 6.07) is 10.4. The van der Waals surface area contributed by atoms with E-state index in [4.69, 9.17) is 0 Å². The maximum absolute atomic E-state index is 13.6. The Morgan fingerprint density at radius 2 is 1.85 bits per heavy atom. The first-order chi connectivity index (χ1) is 18.6. The largest absolute Gasteiger partial charge is 0.348 e. The summed E-state index contributed by atoms with van der Waals surface area (Å²) in [6.45, 7) is 6.23. The first-order valence-corrected chi connectivity index (χ1v) is 15.1. The topological polar surface area (TPSA) is 78.9 Å². The van der Waals surface area contributed by atoms with Crippen molar-refractivity contribution in [3.8, 4) is 0 Å². The third kappa shape index (κ3) is 5.66. The second-order valence-electron chi connectivity index (χ2n) is 11.3. The molecule has 0 bridgehead atoms. The lowest BCUT2D eigenvalue weighted by molar-refractivity contribution is -0.0957. The van der Waals surface area contributed by atoms with Gasteiger partial charge in [-0.1, -0.05) is 18.2 Å². The Hall–Kier alpha value is -2.65. The fourth-order valence-electron chi connectivity index (χ4n) is 6.59. The van der Waals surface area contributed by atoms with Crippen molar-refractivity contribution in [3.05, 3.63) is 63.2 Å². The molecule has 39 heavy (non-hydrogen) atoms. The molecule has 2 aliphatic carbocycles. The summed E-state index contributed by atoms with van der Waals surface area (Å²) >= 11 is 1.50. The molecule has 2 heterocycles. The Balaban J connectivity index is 1.32. The van der Waals surface area contributed by atoms with Gasteiger partial charge in [-0.3, -0.25) is 9.59 Å². The number of aryl methyl sites for hydroxylation is 1. The van der Waals surface area contributed by atoms with Gasteiger partial charge >= 0.3 is 0 Å². The smallest absolute Gasteiger partial charge is 0.254 e. The Morgan fingerprint density at radius 3 is 2.51 bits per heavy atom. The van der Waals surface area contributed by atoms with Gasteiger partial charge < -0.3 is 20.2 Å². The van der Waals surface area contributed by atoms with Crippen LogP contribution >= 0.6 is 11.8 Å². The van der Waals surface area contributed by atoms with E-state index in [1.807, 2.05) is 44.4 Å². The quantitative estimate of drug-likeness (QED) is 0.293. The molecule has 0 unspecified atom stereocenters. The van der Waals surface area contributed by atoms with Gasteiger partial charge in [0, 0.05) is 70.3 Å². The summed E-state index contributed by atoms with van der Waals surface area (Å²) < 4.78 is 28.8. The van der Waals surface area contributed by atoms with Gasteiger partial charge in [0.05, 0.1) is 5.56 Å². The highest BCUT2D eigenvalue weighted by atomic mass is 32.2. The molecule has 0 aliphatic heterocycles. The number of aromatic nitrogens is 2. The zero-order valence-electron chi connectivity index (χ0n) is 23.1. The van der Waals surface area contributed by atoms with Crippen molar-refractivity contribution >= 4 is 28.6 Å². The lowest BCUT2D eigenvalue weighted by atomic mass is 9.80. The molecule has 1 aromatic carbocycles. The number of rotatable bonds is 8. The number of H-pyrrole nitrogens is 1. The predicted octanol–water partition coefficient (Wildman–Crippen LogP) is 6.11. The van der Waals surface area contributed by atoms with Crippen molar-refractivity contribution in [2.24, 2.45) is 5.92 Å². The predicted molar refractivity (Wildman–Crippen MR) is 153 cm³/mol. The number of carbonyl (C=O) groups is 1. The number of alkyl halides is 2. The standard InChI is InChI=1S/C30H38F2N4O2S/c1-17-13-26(39-4)24(28(37)34-17)16-33-29(38)27-19(3)36(25-8-6-5-7-23(25)27)18(2)20-9-11-21(12-10-20)35-22-14-30(31,32)15-22/h5-8,13,18,20-22,35H,9-12,14-16H2,1-4H3,(H,33,38)(H,34,37)/t18-,20-,21-/m1/s1. The number of halogens is 2. The average Bonchev–Trinajstić information content (AvgIpc) is 3.18. The number of aromatic amines is 1. The number of pyridine rings is 1. The fourth-order valence-corrected chi connectivity index (χ4v) is 7.29. The van der Waals surface area contributed by atoms with E-state index in [2.05, 4.69) is 33.2 Å². The second-order valence-corrected chi connectivity index (χ2v) is 12.2. The summed E-state index contributed by atoms with van der Waals surface area (Å²) in [6.07, 6.45) is 5.83. The molecule has 210 valence electrons. The van der Waals surface area contributed by atoms with Crippen LogP contribution in [0.4, 0.5) is 8.78 Å². The Labute approximate surface area is 232 Å². The molecule has 5 rings (SSSR count). The summed E-state index contributed by atoms with van der Waals surface area (Å²) in [5, 5.41) is 7.36. The van der Waals surface area contributed by atoms with Crippen molar-refractivity contribution < 1.29 is 13.6 Å². The first kappa shape index (κ1) is 27.9. The van der Waals surface area contributed by atoms with Crippen LogP contribution in [0.25, 0.3) is 10.9 Å². The van der Waals surface area contributed by atoms with Crippen LogP contribution in [0.5, 0.6) is 0 Å². The van der Waals surface area contributed by atoms with Gasteiger partial charge in [0.25, 0.3) is 17.4 Å². The van der Waals surface area contributed by atoms with Crippen LogP contribution in [0.1, 0.15) is 78.8 Å². The third-order valence-corrected chi connectivity index (χ3v) is 9.49. The van der Waals surface area contributed by atoms with Crippen molar-refractivity contribution in [1.29, 1.82) is 0 Å². The van der Waals surface area contributed by atoms with Gasteiger partial charge in [0.2, 0.25) is 0 Å². The maximum Gasteiger partial charge on any atom is 0.254 e. The van der Waals surface area contributed by atoms with E-state index in [1.165, 1.54) is 11.8 Å². The number of thioether (sulfide) groups is 1. The normalized spacial score (nSPS) is 22.0. The minimum Gasteiger partial charge on any atom is -0.348 e. The molecule has 6 nitrogen and oxygen atoms in total. The van der Waals surface area contributed by atoms with Crippen molar-refractivity contribution in [2.75, 3.05) is 6.26 Å². The minimum atomic E-state index is -2.49. The number of nitrogens with one attached hydrogen (secondary N) is 3. The van der Waals surface area contributed by atoms with Crippen molar-refractivity contribution in [2.45, 2.75) is 94.8 Å². The Kier molecular flexibility index (Phi) is 7.93. The molecule has 3 aromatic rings. The number of para-hydroxylation sites is 1. The van der Waals surface area contributed by atoms with Crippen LogP contribution in [0.15, 0.2) is 40.0 Å². The minimum absolute atomic E-state index is 0.0420. The number of fused-ring (bicyclic) bond motifs is 1. The number of amides is 1. The van der Waals surface area contributed by atoms with Gasteiger partial charge in [-0.15, -0.1) is 11.8 Å². The number of hydrogen-bond donors (Lipinski definition) is 3. The number of benzene rings is 1. The number of nitrogens with zero attached hydrogens (tertiary/aromatic N) is 1. The molecular weight excluding hydrogens is 518 g/mol. The molecule has 0 saturated heterocycles. The molecular formula is C30H38F2N4O2S. The monoisotopic (exact) mass is 556 g/mol. The fraction of sp³-hybridized carbons (Fsp3) is 0.533. The van der Waals surface area contributed by atoms with Gasteiger partial charge in [-0.05, 0) is 70.8 Å². The summed E-state index contributed by atoms with van der Waals surface area (Å²) in [4.78, 5) is 29.8.